The van der Waals surface area contributed by atoms with E-state index >= 15 is 0 Å². The first-order chi connectivity index (χ1) is 11.7. The smallest absolute Gasteiger partial charge is 0.350 e. The number of carbonyl (C=O) groups is 1. The Balaban J connectivity index is 1.84. The van der Waals surface area contributed by atoms with Crippen molar-refractivity contribution in [1.82, 2.24) is 24.5 Å². The van der Waals surface area contributed by atoms with Gasteiger partial charge in [0.15, 0.2) is 5.82 Å². The number of aromatic nitrogens is 4. The zero-order valence-corrected chi connectivity index (χ0v) is 14.6. The van der Waals surface area contributed by atoms with Crippen molar-refractivity contribution < 1.29 is 4.79 Å². The Morgan fingerprint density at radius 1 is 1.38 bits per heavy atom. The van der Waals surface area contributed by atoms with Gasteiger partial charge in [-0.05, 0) is 6.42 Å². The molecule has 9 heteroatoms. The largest absolute Gasteiger partial charge is 0.354 e. The van der Waals surface area contributed by atoms with E-state index in [1.807, 2.05) is 11.8 Å². The van der Waals surface area contributed by atoms with Crippen molar-refractivity contribution in [2.24, 2.45) is 0 Å². The second-order valence-electron chi connectivity index (χ2n) is 5.69. The minimum absolute atomic E-state index is 0.0699. The molecule has 0 aliphatic carbocycles. The maximum absolute atomic E-state index is 12.5. The molecule has 2 aromatic heterocycles. The molecule has 0 unspecified atom stereocenters. The lowest BCUT2D eigenvalue weighted by Gasteiger charge is -2.27. The quantitative estimate of drug-likeness (QED) is 0.758. The molecule has 0 bridgehead atoms. The molecule has 0 spiro atoms. The summed E-state index contributed by atoms with van der Waals surface area (Å²) in [6.45, 7) is 4.38. The third-order valence-corrected chi connectivity index (χ3v) is 4.88. The average molecular weight is 350 g/mol. The van der Waals surface area contributed by atoms with Gasteiger partial charge in [0.05, 0.1) is 0 Å². The fourth-order valence-electron chi connectivity index (χ4n) is 2.63. The standard InChI is InChI=1S/C15H22N6O2S/c1-2-3-4-16-12(22)11-21-15(23)20-6-5-17-13(14(20)18-21)19-7-9-24-10-8-19/h5-6H,2-4,7-11H2,1H3,(H,16,22). The fraction of sp³-hybridized carbons (Fsp3) is 0.600. The van der Waals surface area contributed by atoms with Crippen LogP contribution < -0.4 is 15.9 Å². The summed E-state index contributed by atoms with van der Waals surface area (Å²) in [5.74, 6) is 2.58. The van der Waals surface area contributed by atoms with Gasteiger partial charge in [0, 0.05) is 43.5 Å². The lowest BCUT2D eigenvalue weighted by Crippen LogP contribution is -2.33. The zero-order chi connectivity index (χ0) is 16.9. The molecule has 24 heavy (non-hydrogen) atoms. The number of nitrogens with one attached hydrogen (secondary N) is 1. The molecule has 1 saturated heterocycles. The summed E-state index contributed by atoms with van der Waals surface area (Å²) >= 11 is 1.91. The van der Waals surface area contributed by atoms with Gasteiger partial charge in [-0.3, -0.25) is 4.79 Å². The maximum Gasteiger partial charge on any atom is 0.350 e. The van der Waals surface area contributed by atoms with E-state index < -0.39 is 0 Å². The van der Waals surface area contributed by atoms with Crippen LogP contribution >= 0.6 is 11.8 Å². The highest BCUT2D eigenvalue weighted by atomic mass is 32.2. The summed E-state index contributed by atoms with van der Waals surface area (Å²) in [4.78, 5) is 31.0. The highest BCUT2D eigenvalue weighted by Gasteiger charge is 2.19. The number of hydrogen-bond acceptors (Lipinski definition) is 6. The molecule has 1 N–H and O–H groups in total. The molecule has 0 aromatic carbocycles. The third kappa shape index (κ3) is 3.55. The fourth-order valence-corrected chi connectivity index (χ4v) is 3.54. The Morgan fingerprint density at radius 3 is 2.92 bits per heavy atom. The Hall–Kier alpha value is -2.03. The van der Waals surface area contributed by atoms with Gasteiger partial charge in [0.2, 0.25) is 11.6 Å². The van der Waals surface area contributed by atoms with E-state index in [9.17, 15) is 9.59 Å². The van der Waals surface area contributed by atoms with Crippen LogP contribution in [0.2, 0.25) is 0 Å². The second-order valence-corrected chi connectivity index (χ2v) is 6.91. The van der Waals surface area contributed by atoms with Crippen LogP contribution in [0.5, 0.6) is 0 Å². The van der Waals surface area contributed by atoms with Crippen LogP contribution in [-0.4, -0.2) is 56.2 Å². The lowest BCUT2D eigenvalue weighted by molar-refractivity contribution is -0.121. The SMILES string of the molecule is CCCCNC(=O)Cn1nc2c(N3CCSCC3)nccn2c1=O. The summed E-state index contributed by atoms with van der Waals surface area (Å²) < 4.78 is 2.67. The number of hydrogen-bond donors (Lipinski definition) is 1. The van der Waals surface area contributed by atoms with Gasteiger partial charge in [0.1, 0.15) is 6.54 Å². The molecule has 0 atom stereocenters. The van der Waals surface area contributed by atoms with Gasteiger partial charge in [-0.15, -0.1) is 5.10 Å². The molecule has 8 nitrogen and oxygen atoms in total. The number of unbranched alkanes of at least 4 members (excludes halogenated alkanes) is 1. The Bertz CT molecular complexity index is 765. The number of carbonyl (C=O) groups excluding carboxylic acids is 1. The summed E-state index contributed by atoms with van der Waals surface area (Å²) in [7, 11) is 0. The Kier molecular flexibility index (Phi) is 5.39. The summed E-state index contributed by atoms with van der Waals surface area (Å²) in [6, 6.07) is 0. The first kappa shape index (κ1) is 16.8. The second kappa shape index (κ2) is 7.69. The Morgan fingerprint density at radius 2 is 2.17 bits per heavy atom. The van der Waals surface area contributed by atoms with Crippen LogP contribution in [0.3, 0.4) is 0 Å². The molecule has 130 valence electrons. The number of thioether (sulfide) groups is 1. The first-order valence-corrected chi connectivity index (χ1v) is 9.39. The maximum atomic E-state index is 12.5. The zero-order valence-electron chi connectivity index (χ0n) is 13.8. The van der Waals surface area contributed by atoms with E-state index in [4.69, 9.17) is 0 Å². The van der Waals surface area contributed by atoms with Crippen LogP contribution in [0.1, 0.15) is 19.8 Å². The summed E-state index contributed by atoms with van der Waals surface area (Å²) in [5, 5.41) is 7.16. The normalized spacial score (nSPS) is 15.0. The van der Waals surface area contributed by atoms with Crippen molar-refractivity contribution in [2.75, 3.05) is 36.0 Å². The molecular formula is C15H22N6O2S. The third-order valence-electron chi connectivity index (χ3n) is 3.94. The molecule has 2 aromatic rings. The van der Waals surface area contributed by atoms with Crippen LogP contribution in [0, 0.1) is 0 Å². The van der Waals surface area contributed by atoms with Gasteiger partial charge in [0.25, 0.3) is 0 Å². The number of anilines is 1. The molecule has 1 fully saturated rings. The van der Waals surface area contributed by atoms with Gasteiger partial charge >= 0.3 is 5.69 Å². The van der Waals surface area contributed by atoms with E-state index in [0.29, 0.717) is 18.0 Å². The van der Waals surface area contributed by atoms with Crippen molar-refractivity contribution in [3.63, 3.8) is 0 Å². The van der Waals surface area contributed by atoms with Gasteiger partial charge in [-0.2, -0.15) is 11.8 Å². The monoisotopic (exact) mass is 350 g/mol. The number of rotatable bonds is 6. The molecule has 1 amide bonds. The number of amides is 1. The highest BCUT2D eigenvalue weighted by Crippen LogP contribution is 2.19. The van der Waals surface area contributed by atoms with E-state index in [-0.39, 0.29) is 18.1 Å². The van der Waals surface area contributed by atoms with Gasteiger partial charge in [-0.25, -0.2) is 18.9 Å². The number of fused-ring (bicyclic) bond motifs is 1. The van der Waals surface area contributed by atoms with E-state index in [1.165, 1.54) is 9.08 Å². The predicted molar refractivity (Wildman–Crippen MR) is 94.7 cm³/mol. The van der Waals surface area contributed by atoms with E-state index in [1.54, 1.807) is 12.4 Å². The molecular weight excluding hydrogens is 328 g/mol. The van der Waals surface area contributed by atoms with Gasteiger partial charge in [-0.1, -0.05) is 13.3 Å². The Labute approximate surface area is 144 Å². The van der Waals surface area contributed by atoms with Crippen molar-refractivity contribution in [3.8, 4) is 0 Å². The molecule has 1 aliphatic heterocycles. The van der Waals surface area contributed by atoms with Crippen molar-refractivity contribution >= 4 is 29.1 Å². The summed E-state index contributed by atoms with van der Waals surface area (Å²) in [6.07, 6.45) is 5.14. The summed E-state index contributed by atoms with van der Waals surface area (Å²) in [5.41, 5.74) is 0.196. The van der Waals surface area contributed by atoms with Crippen molar-refractivity contribution in [1.29, 1.82) is 0 Å². The minimum atomic E-state index is -0.314. The van der Waals surface area contributed by atoms with E-state index in [0.717, 1.165) is 37.4 Å². The van der Waals surface area contributed by atoms with Crippen LogP contribution in [0.25, 0.3) is 5.65 Å². The van der Waals surface area contributed by atoms with Crippen LogP contribution in [-0.2, 0) is 11.3 Å². The number of nitrogens with zero attached hydrogens (tertiary/aromatic N) is 5. The molecule has 1 aliphatic rings. The highest BCUT2D eigenvalue weighted by molar-refractivity contribution is 7.99. The molecule has 0 saturated carbocycles. The van der Waals surface area contributed by atoms with Crippen molar-refractivity contribution in [2.45, 2.75) is 26.3 Å². The average Bonchev–Trinajstić information content (AvgIpc) is 2.92. The van der Waals surface area contributed by atoms with Crippen molar-refractivity contribution in [3.05, 3.63) is 22.9 Å². The minimum Gasteiger partial charge on any atom is -0.354 e. The van der Waals surface area contributed by atoms with E-state index in [2.05, 4.69) is 27.2 Å². The first-order valence-electron chi connectivity index (χ1n) is 8.24. The predicted octanol–water partition coefficient (Wildman–Crippen LogP) is 0.360. The van der Waals surface area contributed by atoms with Crippen LogP contribution in [0.4, 0.5) is 5.82 Å². The molecule has 3 heterocycles. The van der Waals surface area contributed by atoms with Crippen LogP contribution in [0.15, 0.2) is 17.2 Å². The molecule has 3 rings (SSSR count). The lowest BCUT2D eigenvalue weighted by atomic mass is 10.3. The topological polar surface area (TPSA) is 84.5 Å². The van der Waals surface area contributed by atoms with Gasteiger partial charge < -0.3 is 10.2 Å². The molecule has 0 radical (unpaired) electrons.